The van der Waals surface area contributed by atoms with Crippen LogP contribution in [-0.2, 0) is 0 Å². The van der Waals surface area contributed by atoms with Crippen LogP contribution in [0.15, 0.2) is 12.1 Å². The van der Waals surface area contributed by atoms with Gasteiger partial charge in [0.1, 0.15) is 5.82 Å². The van der Waals surface area contributed by atoms with E-state index >= 15 is 0 Å². The minimum absolute atomic E-state index is 0.208. The summed E-state index contributed by atoms with van der Waals surface area (Å²) in [5.41, 5.74) is 1.46. The number of hydrogen-bond donors (Lipinski definition) is 0. The smallest absolute Gasteiger partial charge is 0.164 e. The molecule has 1 nitrogen and oxygen atoms in total. The molecule has 44 valence electrons. The molecule has 0 atom stereocenters. The Bertz CT molecular complexity index is 176. The lowest BCUT2D eigenvalue weighted by Crippen LogP contribution is -2.21. The zero-order chi connectivity index (χ0) is 6.85. The van der Waals surface area contributed by atoms with E-state index in [0.717, 1.165) is 11.2 Å². The van der Waals surface area contributed by atoms with Crippen LogP contribution in [0.4, 0.5) is 4.39 Å². The summed E-state index contributed by atoms with van der Waals surface area (Å²) in [4.78, 5) is 3.99. The molecule has 1 heterocycles. The normalized spacial score (nSPS) is 9.44. The lowest BCUT2D eigenvalue weighted by molar-refractivity contribution is 0.628. The van der Waals surface area contributed by atoms with Crippen molar-refractivity contribution < 1.29 is 4.39 Å². The number of hydrogen-bond acceptors (Lipinski definition) is 1. The number of aromatic nitrogens is 1. The van der Waals surface area contributed by atoms with Crippen molar-refractivity contribution in [1.29, 1.82) is 0 Å². The molecule has 0 aliphatic rings. The first-order valence-electron chi connectivity index (χ1n) is 2.79. The third-order valence-electron chi connectivity index (χ3n) is 1.05. The van der Waals surface area contributed by atoms with Gasteiger partial charge in [-0.1, -0.05) is 0 Å². The van der Waals surface area contributed by atoms with Crippen molar-refractivity contribution in [3.8, 4) is 0 Å². The van der Waals surface area contributed by atoms with Crippen LogP contribution in [0.1, 0.15) is 0 Å². The molecule has 0 saturated heterocycles. The SMILES string of the molecule is Bc1cc(F)cc(B)n1. The zero-order valence-electron chi connectivity index (χ0n) is 5.48. The lowest BCUT2D eigenvalue weighted by Gasteiger charge is -1.93. The fraction of sp³-hybridized carbons (Fsp3) is 0. The highest BCUT2D eigenvalue weighted by molar-refractivity contribution is 6.34. The molecule has 0 spiro atoms. The van der Waals surface area contributed by atoms with E-state index in [-0.39, 0.29) is 5.82 Å². The maximum absolute atomic E-state index is 12.4. The highest BCUT2D eigenvalue weighted by Crippen LogP contribution is 1.84. The molecule has 1 rings (SSSR count). The first kappa shape index (κ1) is 6.33. The van der Waals surface area contributed by atoms with Crippen molar-refractivity contribution in [2.45, 2.75) is 0 Å². The fourth-order valence-electron chi connectivity index (χ4n) is 0.783. The van der Waals surface area contributed by atoms with E-state index in [4.69, 9.17) is 0 Å². The average molecular weight is 121 g/mol. The standard InChI is InChI=1S/C5H6B2FN/c6-4-1-3(8)2-5(7)9-4/h1-2H,6-7H2. The van der Waals surface area contributed by atoms with Crippen molar-refractivity contribution >= 4 is 26.9 Å². The Labute approximate surface area is 55.1 Å². The van der Waals surface area contributed by atoms with Crippen LogP contribution < -0.4 is 11.2 Å². The molecule has 0 amide bonds. The van der Waals surface area contributed by atoms with E-state index in [1.165, 1.54) is 12.1 Å². The Morgan fingerprint density at radius 2 is 1.67 bits per heavy atom. The van der Waals surface area contributed by atoms with Gasteiger partial charge < -0.3 is 0 Å². The molecule has 0 unspecified atom stereocenters. The number of pyridine rings is 1. The van der Waals surface area contributed by atoms with Gasteiger partial charge in [-0.3, -0.25) is 4.98 Å². The van der Waals surface area contributed by atoms with E-state index < -0.39 is 0 Å². The minimum Gasteiger partial charge on any atom is -0.279 e. The molecular formula is C5H6B2FN. The van der Waals surface area contributed by atoms with E-state index in [1.807, 2.05) is 0 Å². The largest absolute Gasteiger partial charge is 0.279 e. The van der Waals surface area contributed by atoms with E-state index in [2.05, 4.69) is 4.98 Å². The lowest BCUT2D eigenvalue weighted by atomic mass is 9.98. The van der Waals surface area contributed by atoms with Gasteiger partial charge in [0.2, 0.25) is 0 Å². The maximum atomic E-state index is 12.4. The monoisotopic (exact) mass is 121 g/mol. The maximum Gasteiger partial charge on any atom is 0.164 e. The Hall–Kier alpha value is -0.790. The van der Waals surface area contributed by atoms with E-state index in [0.29, 0.717) is 0 Å². The van der Waals surface area contributed by atoms with E-state index in [1.54, 1.807) is 15.7 Å². The molecule has 9 heavy (non-hydrogen) atoms. The zero-order valence-corrected chi connectivity index (χ0v) is 5.48. The summed E-state index contributed by atoms with van der Waals surface area (Å²) >= 11 is 0. The fourth-order valence-corrected chi connectivity index (χ4v) is 0.783. The molecule has 0 saturated carbocycles. The van der Waals surface area contributed by atoms with Crippen LogP contribution in [-0.4, -0.2) is 20.7 Å². The van der Waals surface area contributed by atoms with Crippen LogP contribution in [0, 0.1) is 5.82 Å². The van der Waals surface area contributed by atoms with Gasteiger partial charge in [0, 0.05) is 0 Å². The highest BCUT2D eigenvalue weighted by atomic mass is 19.1. The van der Waals surface area contributed by atoms with Crippen LogP contribution >= 0.6 is 0 Å². The molecule has 0 N–H and O–H groups in total. The second kappa shape index (κ2) is 2.21. The summed E-state index contributed by atoms with van der Waals surface area (Å²) < 4.78 is 12.4. The molecule has 0 aliphatic carbocycles. The van der Waals surface area contributed by atoms with Crippen molar-refractivity contribution in [3.63, 3.8) is 0 Å². The Morgan fingerprint density at radius 1 is 1.22 bits per heavy atom. The van der Waals surface area contributed by atoms with Crippen LogP contribution in [0.2, 0.25) is 0 Å². The number of nitrogens with zero attached hydrogens (tertiary/aromatic N) is 1. The van der Waals surface area contributed by atoms with Gasteiger partial charge in [-0.25, -0.2) is 4.39 Å². The Morgan fingerprint density at radius 3 is 2.00 bits per heavy atom. The van der Waals surface area contributed by atoms with Gasteiger partial charge in [-0.15, -0.1) is 0 Å². The molecule has 0 radical (unpaired) electrons. The third-order valence-corrected chi connectivity index (χ3v) is 1.05. The van der Waals surface area contributed by atoms with Crippen LogP contribution in [0.25, 0.3) is 0 Å². The Kier molecular flexibility index (Phi) is 1.56. The van der Waals surface area contributed by atoms with Crippen molar-refractivity contribution in [2.75, 3.05) is 0 Å². The summed E-state index contributed by atoms with van der Waals surface area (Å²) in [5, 5.41) is 0. The summed E-state index contributed by atoms with van der Waals surface area (Å²) in [7, 11) is 3.55. The van der Waals surface area contributed by atoms with Crippen molar-refractivity contribution in [1.82, 2.24) is 4.98 Å². The van der Waals surface area contributed by atoms with Gasteiger partial charge in [0.15, 0.2) is 15.7 Å². The number of rotatable bonds is 0. The Balaban J connectivity index is 3.17. The molecule has 0 aliphatic heterocycles. The second-order valence-electron chi connectivity index (χ2n) is 2.07. The van der Waals surface area contributed by atoms with Crippen molar-refractivity contribution in [2.24, 2.45) is 0 Å². The topological polar surface area (TPSA) is 12.9 Å². The van der Waals surface area contributed by atoms with Gasteiger partial charge in [0.25, 0.3) is 0 Å². The summed E-state index contributed by atoms with van der Waals surface area (Å²) in [6.07, 6.45) is 0. The van der Waals surface area contributed by atoms with Gasteiger partial charge in [-0.2, -0.15) is 0 Å². The molecule has 0 fully saturated rings. The average Bonchev–Trinajstić information content (AvgIpc) is 1.59. The molecule has 0 bridgehead atoms. The number of halogens is 1. The van der Waals surface area contributed by atoms with Crippen LogP contribution in [0.5, 0.6) is 0 Å². The van der Waals surface area contributed by atoms with Crippen LogP contribution in [0.3, 0.4) is 0 Å². The molecule has 4 heteroatoms. The molecule has 0 aromatic carbocycles. The van der Waals surface area contributed by atoms with Gasteiger partial charge in [0.05, 0.1) is 0 Å². The molecular weight excluding hydrogens is 115 g/mol. The van der Waals surface area contributed by atoms with E-state index in [9.17, 15) is 4.39 Å². The minimum atomic E-state index is -0.208. The predicted molar refractivity (Wildman–Crippen MR) is 40.6 cm³/mol. The highest BCUT2D eigenvalue weighted by Gasteiger charge is 1.92. The molecule has 1 aromatic rings. The first-order valence-corrected chi connectivity index (χ1v) is 2.79. The van der Waals surface area contributed by atoms with Gasteiger partial charge >= 0.3 is 0 Å². The van der Waals surface area contributed by atoms with Gasteiger partial charge in [-0.05, 0) is 23.3 Å². The third kappa shape index (κ3) is 1.56. The first-order chi connectivity index (χ1) is 4.18. The summed E-state index contributed by atoms with van der Waals surface area (Å²) in [6.45, 7) is 0. The summed E-state index contributed by atoms with van der Waals surface area (Å²) in [6, 6.07) is 2.82. The predicted octanol–water partition coefficient (Wildman–Crippen LogP) is -2.26. The summed E-state index contributed by atoms with van der Waals surface area (Å²) in [5.74, 6) is -0.208. The molecule has 1 aromatic heterocycles. The van der Waals surface area contributed by atoms with Crippen molar-refractivity contribution in [3.05, 3.63) is 17.9 Å². The second-order valence-corrected chi connectivity index (χ2v) is 2.07. The quantitative estimate of drug-likeness (QED) is 0.353.